The summed E-state index contributed by atoms with van der Waals surface area (Å²) < 4.78 is 10.8. The molecule has 3 aromatic rings. The molecule has 0 fully saturated rings. The average Bonchev–Trinajstić information content (AvgIpc) is 3.31. The van der Waals surface area contributed by atoms with E-state index in [1.54, 1.807) is 4.90 Å². The van der Waals surface area contributed by atoms with Crippen LogP contribution < -0.4 is 9.47 Å². The van der Waals surface area contributed by atoms with Crippen LogP contribution in [-0.2, 0) is 19.4 Å². The van der Waals surface area contributed by atoms with Crippen molar-refractivity contribution < 1.29 is 14.3 Å². The predicted molar refractivity (Wildman–Crippen MR) is 108 cm³/mol. The zero-order valence-electron chi connectivity index (χ0n) is 16.2. The number of aromatic amines is 1. The van der Waals surface area contributed by atoms with Crippen LogP contribution in [0.15, 0.2) is 36.4 Å². The van der Waals surface area contributed by atoms with Gasteiger partial charge in [-0.3, -0.25) is 4.79 Å². The number of hydrogen-bond donors (Lipinski definition) is 1. The van der Waals surface area contributed by atoms with Crippen LogP contribution in [-0.4, -0.2) is 29.6 Å². The van der Waals surface area contributed by atoms with E-state index in [0.717, 1.165) is 41.0 Å². The van der Waals surface area contributed by atoms with E-state index < -0.39 is 0 Å². The minimum Gasteiger partial charge on any atom is -0.454 e. The number of benzene rings is 2. The quantitative estimate of drug-likeness (QED) is 0.742. The molecule has 144 valence electrons. The van der Waals surface area contributed by atoms with E-state index in [1.165, 1.54) is 23.1 Å². The lowest BCUT2D eigenvalue weighted by Gasteiger charge is -2.18. The molecule has 2 heterocycles. The Balaban J connectivity index is 1.44. The van der Waals surface area contributed by atoms with Crippen molar-refractivity contribution in [2.24, 2.45) is 5.92 Å². The molecule has 0 spiro atoms. The van der Waals surface area contributed by atoms with Gasteiger partial charge >= 0.3 is 0 Å². The van der Waals surface area contributed by atoms with Gasteiger partial charge in [-0.25, -0.2) is 0 Å². The lowest BCUT2D eigenvalue weighted by atomic mass is 9.87. The zero-order valence-corrected chi connectivity index (χ0v) is 16.2. The van der Waals surface area contributed by atoms with Crippen molar-refractivity contribution in [3.63, 3.8) is 0 Å². The summed E-state index contributed by atoms with van der Waals surface area (Å²) in [5, 5.41) is 1.20. The first kappa shape index (κ1) is 17.2. The molecular formula is C23H24N2O3. The lowest BCUT2D eigenvalue weighted by Crippen LogP contribution is -2.26. The van der Waals surface area contributed by atoms with Crippen molar-refractivity contribution in [1.29, 1.82) is 0 Å². The van der Waals surface area contributed by atoms with Gasteiger partial charge < -0.3 is 19.4 Å². The number of para-hydroxylation sites is 1. The molecule has 1 aliphatic carbocycles. The molecule has 1 aromatic heterocycles. The van der Waals surface area contributed by atoms with Crippen molar-refractivity contribution in [2.45, 2.75) is 32.7 Å². The maximum atomic E-state index is 13.2. The number of aromatic nitrogens is 1. The molecular weight excluding hydrogens is 352 g/mol. The van der Waals surface area contributed by atoms with Gasteiger partial charge in [0.15, 0.2) is 11.5 Å². The number of aryl methyl sites for hydroxylation is 1. The third kappa shape index (κ3) is 2.82. The highest BCUT2D eigenvalue weighted by Gasteiger charge is 2.23. The lowest BCUT2D eigenvalue weighted by molar-refractivity contribution is 0.0786. The maximum Gasteiger partial charge on any atom is 0.256 e. The number of amides is 1. The number of ether oxygens (including phenoxy) is 2. The standard InChI is InChI=1S/C23H24N2O3/c1-14-6-8-19-18(10-14)16-4-3-5-17(22(16)24-19)23(26)25(2)12-15-7-9-20-21(11-15)28-13-27-20/h3-5,7,9,11,14,24H,6,8,10,12-13H2,1-2H3/t14-/m1/s1. The molecule has 2 aliphatic rings. The Morgan fingerprint density at radius 3 is 2.96 bits per heavy atom. The highest BCUT2D eigenvalue weighted by molar-refractivity contribution is 6.06. The first-order chi connectivity index (χ1) is 13.6. The molecule has 1 N–H and O–H groups in total. The minimum absolute atomic E-state index is 0.0231. The second-order valence-corrected chi connectivity index (χ2v) is 8.01. The number of nitrogens with one attached hydrogen (secondary N) is 1. The fraction of sp³-hybridized carbons (Fsp3) is 0.348. The van der Waals surface area contributed by atoms with Gasteiger partial charge in [0.1, 0.15) is 0 Å². The molecule has 1 amide bonds. The largest absolute Gasteiger partial charge is 0.454 e. The highest BCUT2D eigenvalue weighted by Crippen LogP contribution is 2.34. The second kappa shape index (κ2) is 6.59. The topological polar surface area (TPSA) is 54.6 Å². The summed E-state index contributed by atoms with van der Waals surface area (Å²) in [6, 6.07) is 11.9. The monoisotopic (exact) mass is 376 g/mol. The van der Waals surface area contributed by atoms with E-state index in [-0.39, 0.29) is 12.7 Å². The molecule has 5 nitrogen and oxygen atoms in total. The van der Waals surface area contributed by atoms with E-state index in [4.69, 9.17) is 9.47 Å². The summed E-state index contributed by atoms with van der Waals surface area (Å²) in [7, 11) is 1.84. The van der Waals surface area contributed by atoms with Gasteiger partial charge in [-0.05, 0) is 54.5 Å². The van der Waals surface area contributed by atoms with Gasteiger partial charge in [0.25, 0.3) is 5.91 Å². The summed E-state index contributed by atoms with van der Waals surface area (Å²) in [6.45, 7) is 3.07. The van der Waals surface area contributed by atoms with Gasteiger partial charge in [0, 0.05) is 24.7 Å². The zero-order chi connectivity index (χ0) is 19.3. The fourth-order valence-electron chi connectivity index (χ4n) is 4.38. The number of carbonyl (C=O) groups is 1. The molecule has 0 unspecified atom stereocenters. The SMILES string of the molecule is C[C@@H]1CCc2[nH]c3c(C(=O)N(C)Cc4ccc5c(c4)OCO5)cccc3c2C1. The van der Waals surface area contributed by atoms with Crippen molar-refractivity contribution in [3.8, 4) is 11.5 Å². The van der Waals surface area contributed by atoms with Gasteiger partial charge in [-0.1, -0.05) is 25.1 Å². The summed E-state index contributed by atoms with van der Waals surface area (Å²) in [5.74, 6) is 2.22. The van der Waals surface area contributed by atoms with Gasteiger partial charge in [-0.15, -0.1) is 0 Å². The van der Waals surface area contributed by atoms with Crippen LogP contribution in [0.4, 0.5) is 0 Å². The Morgan fingerprint density at radius 2 is 2.07 bits per heavy atom. The van der Waals surface area contributed by atoms with E-state index in [1.807, 2.05) is 37.4 Å². The molecule has 2 aromatic carbocycles. The number of fused-ring (bicyclic) bond motifs is 4. The summed E-state index contributed by atoms with van der Waals surface area (Å²) in [5.41, 5.74) is 5.42. The highest BCUT2D eigenvalue weighted by atomic mass is 16.7. The first-order valence-corrected chi connectivity index (χ1v) is 9.86. The van der Waals surface area contributed by atoms with E-state index in [9.17, 15) is 4.79 Å². The normalized spacial score (nSPS) is 17.6. The van der Waals surface area contributed by atoms with Crippen molar-refractivity contribution in [1.82, 2.24) is 9.88 Å². The Labute approximate surface area is 164 Å². The third-order valence-electron chi connectivity index (χ3n) is 5.90. The molecule has 5 heteroatoms. The van der Waals surface area contributed by atoms with Crippen molar-refractivity contribution >= 4 is 16.8 Å². The first-order valence-electron chi connectivity index (χ1n) is 9.86. The summed E-state index contributed by atoms with van der Waals surface area (Å²) >= 11 is 0. The van der Waals surface area contributed by atoms with Crippen LogP contribution in [0.5, 0.6) is 11.5 Å². The van der Waals surface area contributed by atoms with Gasteiger partial charge in [0.05, 0.1) is 11.1 Å². The van der Waals surface area contributed by atoms with Crippen LogP contribution in [0, 0.1) is 5.92 Å². The van der Waals surface area contributed by atoms with Crippen molar-refractivity contribution in [3.05, 3.63) is 58.8 Å². The molecule has 0 saturated heterocycles. The number of nitrogens with zero attached hydrogens (tertiary/aromatic N) is 1. The van der Waals surface area contributed by atoms with E-state index in [0.29, 0.717) is 12.5 Å². The van der Waals surface area contributed by atoms with Gasteiger partial charge in [0.2, 0.25) is 6.79 Å². The molecule has 1 atom stereocenters. The third-order valence-corrected chi connectivity index (χ3v) is 5.90. The second-order valence-electron chi connectivity index (χ2n) is 8.01. The Hall–Kier alpha value is -2.95. The van der Waals surface area contributed by atoms with Crippen molar-refractivity contribution in [2.75, 3.05) is 13.8 Å². The van der Waals surface area contributed by atoms with Crippen LogP contribution in [0.1, 0.15) is 40.5 Å². The molecule has 28 heavy (non-hydrogen) atoms. The molecule has 0 radical (unpaired) electrons. The summed E-state index contributed by atoms with van der Waals surface area (Å²) in [4.78, 5) is 18.5. The Kier molecular flexibility index (Phi) is 4.04. The van der Waals surface area contributed by atoms with Crippen LogP contribution in [0.3, 0.4) is 0 Å². The Bertz CT molecular complexity index is 1070. The Morgan fingerprint density at radius 1 is 1.21 bits per heavy atom. The van der Waals surface area contributed by atoms with Crippen LogP contribution >= 0.6 is 0 Å². The number of carbonyl (C=O) groups excluding carboxylic acids is 1. The molecule has 1 aliphatic heterocycles. The number of rotatable bonds is 3. The summed E-state index contributed by atoms with van der Waals surface area (Å²) in [6.07, 6.45) is 3.35. The molecule has 5 rings (SSSR count). The van der Waals surface area contributed by atoms with E-state index >= 15 is 0 Å². The van der Waals surface area contributed by atoms with E-state index in [2.05, 4.69) is 18.0 Å². The van der Waals surface area contributed by atoms with Crippen LogP contribution in [0.25, 0.3) is 10.9 Å². The fourth-order valence-corrected chi connectivity index (χ4v) is 4.38. The van der Waals surface area contributed by atoms with Gasteiger partial charge in [-0.2, -0.15) is 0 Å². The smallest absolute Gasteiger partial charge is 0.256 e. The predicted octanol–water partition coefficient (Wildman–Crippen LogP) is 4.29. The molecule has 0 saturated carbocycles. The maximum absolute atomic E-state index is 13.2. The number of H-pyrrole nitrogens is 1. The van der Waals surface area contributed by atoms with Crippen LogP contribution in [0.2, 0.25) is 0 Å². The number of hydrogen-bond acceptors (Lipinski definition) is 3. The average molecular weight is 376 g/mol. The minimum atomic E-state index is 0.0231. The molecule has 0 bridgehead atoms.